The van der Waals surface area contributed by atoms with E-state index in [4.69, 9.17) is 0 Å². The summed E-state index contributed by atoms with van der Waals surface area (Å²) in [6.07, 6.45) is 8.10. The Bertz CT molecular complexity index is 101. The molecule has 0 aliphatic rings. The Labute approximate surface area is 107 Å². The summed E-state index contributed by atoms with van der Waals surface area (Å²) in [6.45, 7) is 6.17. The summed E-state index contributed by atoms with van der Waals surface area (Å²) >= 11 is 0. The molecule has 0 aromatic carbocycles. The molecule has 0 aromatic heterocycles. The first-order valence-corrected chi connectivity index (χ1v) is 2.97. The zero-order valence-corrected chi connectivity index (χ0v) is 11.8. The molecule has 0 spiro atoms. The summed E-state index contributed by atoms with van der Waals surface area (Å²) in [4.78, 5) is 0. The molecule has 1 heteroatoms. The van der Waals surface area contributed by atoms with Crippen molar-refractivity contribution in [2.24, 2.45) is 0 Å². The Balaban J connectivity index is 0. The third-order valence-corrected chi connectivity index (χ3v) is 1.09. The van der Waals surface area contributed by atoms with E-state index in [0.29, 0.717) is 0 Å². The Morgan fingerprint density at radius 2 is 2.11 bits per heavy atom. The minimum Gasteiger partial charge on any atom is -0.279 e. The Hall–Kier alpha value is 1.29. The molecule has 0 rings (SSSR count). The van der Waals surface area contributed by atoms with Gasteiger partial charge in [0.2, 0.25) is 0 Å². The smallest absolute Gasteiger partial charge is 0.279 e. The molecule has 0 saturated carbocycles. The van der Waals surface area contributed by atoms with Crippen LogP contribution >= 0.6 is 0 Å². The minimum atomic E-state index is 0. The average molecular weight is 195 g/mol. The van der Waals surface area contributed by atoms with Gasteiger partial charge in [-0.25, -0.2) is 12.2 Å². The standard InChI is InChI=1S/C8H13.Rb/c1-4-6-7-8(3)5-2;/h6-7H,5H2,1-3H3;/q-1;+1/b8-7+;. The van der Waals surface area contributed by atoms with Gasteiger partial charge >= 0.3 is 58.2 Å². The van der Waals surface area contributed by atoms with E-state index in [-0.39, 0.29) is 58.2 Å². The number of allylic oxidation sites excluding steroid dienone is 4. The Morgan fingerprint density at radius 3 is 2.44 bits per heavy atom. The molecule has 0 nitrogen and oxygen atoms in total. The molecule has 0 radical (unpaired) electrons. The average Bonchev–Trinajstić information content (AvgIpc) is 1.83. The van der Waals surface area contributed by atoms with Gasteiger partial charge in [-0.05, 0) is 0 Å². The van der Waals surface area contributed by atoms with Crippen LogP contribution in [0.5, 0.6) is 0 Å². The van der Waals surface area contributed by atoms with E-state index in [1.54, 1.807) is 0 Å². The van der Waals surface area contributed by atoms with Crippen molar-refractivity contribution in [2.75, 3.05) is 0 Å². The van der Waals surface area contributed by atoms with Crippen molar-refractivity contribution in [1.29, 1.82) is 0 Å². The van der Waals surface area contributed by atoms with Crippen molar-refractivity contribution >= 4 is 0 Å². The molecule has 0 unspecified atom stereocenters. The molecular formula is C8H13Rb. The van der Waals surface area contributed by atoms with Crippen LogP contribution in [0.4, 0.5) is 0 Å². The second-order valence-corrected chi connectivity index (χ2v) is 1.82. The van der Waals surface area contributed by atoms with Gasteiger partial charge in [0.05, 0.1) is 0 Å². The third-order valence-electron chi connectivity index (χ3n) is 1.09. The van der Waals surface area contributed by atoms with E-state index in [2.05, 4.69) is 26.0 Å². The van der Waals surface area contributed by atoms with Gasteiger partial charge in [0.15, 0.2) is 0 Å². The molecule has 0 heterocycles. The molecule has 9 heavy (non-hydrogen) atoms. The van der Waals surface area contributed by atoms with Gasteiger partial charge in [-0.3, -0.25) is 6.08 Å². The summed E-state index contributed by atoms with van der Waals surface area (Å²) in [7, 11) is 0. The fraction of sp³-hybridized carbons (Fsp3) is 0.500. The topological polar surface area (TPSA) is 0 Å². The van der Waals surface area contributed by atoms with Crippen molar-refractivity contribution in [1.82, 2.24) is 0 Å². The first-order chi connectivity index (χ1) is 3.81. The maximum Gasteiger partial charge on any atom is 1.00 e. The molecule has 0 aromatic rings. The van der Waals surface area contributed by atoms with E-state index >= 15 is 0 Å². The van der Waals surface area contributed by atoms with E-state index in [1.165, 1.54) is 5.57 Å². The van der Waals surface area contributed by atoms with Gasteiger partial charge < -0.3 is 0 Å². The summed E-state index contributed by atoms with van der Waals surface area (Å²) in [5.74, 6) is 0. The van der Waals surface area contributed by atoms with E-state index in [0.717, 1.165) is 6.42 Å². The Morgan fingerprint density at radius 1 is 1.56 bits per heavy atom. The second kappa shape index (κ2) is 9.29. The van der Waals surface area contributed by atoms with Gasteiger partial charge in [0.25, 0.3) is 0 Å². The van der Waals surface area contributed by atoms with Crippen LogP contribution in [0.3, 0.4) is 0 Å². The first kappa shape index (κ1) is 12.9. The van der Waals surface area contributed by atoms with Gasteiger partial charge in [0.1, 0.15) is 0 Å². The maximum atomic E-state index is 2.93. The number of rotatable bonds is 2. The largest absolute Gasteiger partial charge is 1.00 e. The van der Waals surface area contributed by atoms with E-state index in [9.17, 15) is 0 Å². The predicted octanol–water partition coefficient (Wildman–Crippen LogP) is -0.274. The fourth-order valence-electron chi connectivity index (χ4n) is 0.343. The van der Waals surface area contributed by atoms with Crippen molar-refractivity contribution in [3.8, 4) is 0 Å². The van der Waals surface area contributed by atoms with Crippen LogP contribution in [0, 0.1) is 6.08 Å². The minimum absolute atomic E-state index is 0. The fourth-order valence-corrected chi connectivity index (χ4v) is 0.343. The van der Waals surface area contributed by atoms with Gasteiger partial charge in [-0.2, -0.15) is 5.57 Å². The molecule has 0 aliphatic heterocycles. The molecule has 0 atom stereocenters. The van der Waals surface area contributed by atoms with Gasteiger partial charge in [0, 0.05) is 0 Å². The van der Waals surface area contributed by atoms with Crippen LogP contribution in [0.25, 0.3) is 0 Å². The molecule has 0 bridgehead atoms. The van der Waals surface area contributed by atoms with E-state index < -0.39 is 0 Å². The zero-order valence-electron chi connectivity index (χ0n) is 6.86. The SMILES string of the molecule is C[C-]=C/C=C(\C)CC.[Rb+]. The van der Waals surface area contributed by atoms with Crippen LogP contribution < -0.4 is 58.2 Å². The van der Waals surface area contributed by atoms with Gasteiger partial charge in [-0.1, -0.05) is 20.3 Å². The summed E-state index contributed by atoms with van der Waals surface area (Å²) in [6, 6.07) is 0. The molecule has 0 N–H and O–H groups in total. The monoisotopic (exact) mass is 194 g/mol. The van der Waals surface area contributed by atoms with Crippen molar-refractivity contribution in [3.63, 3.8) is 0 Å². The van der Waals surface area contributed by atoms with Gasteiger partial charge in [-0.15, -0.1) is 6.92 Å². The molecular weight excluding hydrogens is 182 g/mol. The summed E-state index contributed by atoms with van der Waals surface area (Å²) in [5.41, 5.74) is 1.40. The zero-order chi connectivity index (χ0) is 6.41. The van der Waals surface area contributed by atoms with Crippen molar-refractivity contribution in [3.05, 3.63) is 23.8 Å². The summed E-state index contributed by atoms with van der Waals surface area (Å²) < 4.78 is 0. The third kappa shape index (κ3) is 9.29. The summed E-state index contributed by atoms with van der Waals surface area (Å²) in [5, 5.41) is 0. The molecule has 46 valence electrons. The second-order valence-electron chi connectivity index (χ2n) is 1.82. The predicted molar refractivity (Wildman–Crippen MR) is 37.5 cm³/mol. The van der Waals surface area contributed by atoms with Crippen LogP contribution in [-0.4, -0.2) is 0 Å². The quantitative estimate of drug-likeness (QED) is 0.419. The van der Waals surface area contributed by atoms with Crippen LogP contribution in [-0.2, 0) is 0 Å². The molecule has 0 fully saturated rings. The van der Waals surface area contributed by atoms with Crippen LogP contribution in [0.15, 0.2) is 17.7 Å². The van der Waals surface area contributed by atoms with Crippen LogP contribution in [0.2, 0.25) is 0 Å². The molecule has 0 amide bonds. The normalized spacial score (nSPS) is 11.7. The maximum absolute atomic E-state index is 2.93. The molecule has 0 aliphatic carbocycles. The first-order valence-electron chi connectivity index (χ1n) is 2.97. The number of hydrogen-bond acceptors (Lipinski definition) is 0. The van der Waals surface area contributed by atoms with Crippen LogP contribution in [0.1, 0.15) is 27.2 Å². The van der Waals surface area contributed by atoms with E-state index in [1.807, 2.05) is 13.0 Å². The van der Waals surface area contributed by atoms with Crippen molar-refractivity contribution in [2.45, 2.75) is 27.2 Å². The molecule has 0 saturated heterocycles. The van der Waals surface area contributed by atoms with Crippen molar-refractivity contribution < 1.29 is 58.2 Å². The number of hydrogen-bond donors (Lipinski definition) is 0. The Kier molecular flexibility index (Phi) is 13.3.